The van der Waals surface area contributed by atoms with Gasteiger partial charge in [0.15, 0.2) is 17.5 Å². The third-order valence-corrected chi connectivity index (χ3v) is 5.73. The molecule has 1 aliphatic rings. The zero-order valence-electron chi connectivity index (χ0n) is 17.2. The number of tetrazole rings is 1. The van der Waals surface area contributed by atoms with E-state index in [-0.39, 0.29) is 5.91 Å². The smallest absolute Gasteiger partial charge is 0.254 e. The molecule has 1 aromatic heterocycles. The fourth-order valence-electron chi connectivity index (χ4n) is 4.01. The summed E-state index contributed by atoms with van der Waals surface area (Å²) in [6.07, 6.45) is 0. The lowest BCUT2D eigenvalue weighted by molar-refractivity contribution is 0.0626. The Bertz CT molecular complexity index is 1280. The highest BCUT2D eigenvalue weighted by molar-refractivity contribution is 6.07. The monoisotopic (exact) mass is 434 g/mol. The van der Waals surface area contributed by atoms with E-state index < -0.39 is 11.6 Å². The number of fused-ring (bicyclic) bond motifs is 1. The quantitative estimate of drug-likeness (QED) is 0.494. The van der Waals surface area contributed by atoms with E-state index in [1.54, 1.807) is 0 Å². The van der Waals surface area contributed by atoms with Crippen molar-refractivity contribution in [2.24, 2.45) is 0 Å². The molecule has 0 radical (unpaired) electrons. The van der Waals surface area contributed by atoms with Crippen LogP contribution >= 0.6 is 0 Å². The second-order valence-corrected chi connectivity index (χ2v) is 7.70. The highest BCUT2D eigenvalue weighted by Crippen LogP contribution is 2.21. The SMILES string of the molecule is O=C(c1cccc2ccccc12)N1CCN(Cc2nnnn2-c2ccc(F)c(F)c2)CC1. The van der Waals surface area contributed by atoms with E-state index in [1.165, 1.54) is 10.7 Å². The Hall–Kier alpha value is -3.72. The lowest BCUT2D eigenvalue weighted by Crippen LogP contribution is -2.48. The zero-order chi connectivity index (χ0) is 22.1. The van der Waals surface area contributed by atoms with Crippen molar-refractivity contribution >= 4 is 16.7 Å². The summed E-state index contributed by atoms with van der Waals surface area (Å²) in [4.78, 5) is 17.1. The predicted molar refractivity (Wildman–Crippen MR) is 114 cm³/mol. The first-order valence-electron chi connectivity index (χ1n) is 10.3. The second-order valence-electron chi connectivity index (χ2n) is 7.70. The number of benzene rings is 3. The van der Waals surface area contributed by atoms with Gasteiger partial charge in [-0.15, -0.1) is 5.10 Å². The molecule has 0 atom stereocenters. The van der Waals surface area contributed by atoms with Crippen molar-refractivity contribution in [2.75, 3.05) is 26.2 Å². The molecule has 9 heteroatoms. The number of nitrogens with zero attached hydrogens (tertiary/aromatic N) is 6. The largest absolute Gasteiger partial charge is 0.336 e. The van der Waals surface area contributed by atoms with Crippen LogP contribution in [0, 0.1) is 11.6 Å². The molecule has 4 aromatic rings. The van der Waals surface area contributed by atoms with Crippen LogP contribution in [0.3, 0.4) is 0 Å². The average molecular weight is 434 g/mol. The number of hydrogen-bond acceptors (Lipinski definition) is 5. The molecule has 0 unspecified atom stereocenters. The van der Waals surface area contributed by atoms with E-state index in [9.17, 15) is 13.6 Å². The molecule has 0 aliphatic carbocycles. The van der Waals surface area contributed by atoms with Crippen LogP contribution in [-0.2, 0) is 6.54 Å². The minimum atomic E-state index is -0.954. The van der Waals surface area contributed by atoms with Crippen molar-refractivity contribution in [1.29, 1.82) is 0 Å². The summed E-state index contributed by atoms with van der Waals surface area (Å²) in [6.45, 7) is 2.90. The Morgan fingerprint density at radius 1 is 0.906 bits per heavy atom. The van der Waals surface area contributed by atoms with Gasteiger partial charge in [0.25, 0.3) is 5.91 Å². The topological polar surface area (TPSA) is 67.2 Å². The molecule has 3 aromatic carbocycles. The second kappa shape index (κ2) is 8.43. The maximum atomic E-state index is 13.6. The molecule has 32 heavy (non-hydrogen) atoms. The van der Waals surface area contributed by atoms with Gasteiger partial charge in [-0.3, -0.25) is 9.69 Å². The number of piperazine rings is 1. The van der Waals surface area contributed by atoms with Crippen molar-refractivity contribution in [1.82, 2.24) is 30.0 Å². The molecule has 1 aliphatic heterocycles. The summed E-state index contributed by atoms with van der Waals surface area (Å²) in [5.74, 6) is -1.34. The van der Waals surface area contributed by atoms with E-state index in [1.807, 2.05) is 47.4 Å². The fraction of sp³-hybridized carbons (Fsp3) is 0.217. The molecule has 1 saturated heterocycles. The molecule has 1 fully saturated rings. The first-order chi connectivity index (χ1) is 15.6. The Labute approximate surface area is 182 Å². The van der Waals surface area contributed by atoms with Gasteiger partial charge in [-0.05, 0) is 39.4 Å². The van der Waals surface area contributed by atoms with Crippen LogP contribution in [0.15, 0.2) is 60.7 Å². The number of carbonyl (C=O) groups is 1. The van der Waals surface area contributed by atoms with Crippen LogP contribution < -0.4 is 0 Å². The van der Waals surface area contributed by atoms with Crippen LogP contribution in [0.4, 0.5) is 8.78 Å². The van der Waals surface area contributed by atoms with E-state index in [2.05, 4.69) is 20.4 Å². The average Bonchev–Trinajstić information content (AvgIpc) is 3.28. The fourth-order valence-corrected chi connectivity index (χ4v) is 4.01. The van der Waals surface area contributed by atoms with Gasteiger partial charge in [-0.2, -0.15) is 4.68 Å². The van der Waals surface area contributed by atoms with E-state index >= 15 is 0 Å². The zero-order valence-corrected chi connectivity index (χ0v) is 17.2. The number of hydrogen-bond donors (Lipinski definition) is 0. The lowest BCUT2D eigenvalue weighted by Gasteiger charge is -2.34. The first-order valence-corrected chi connectivity index (χ1v) is 10.3. The molecular formula is C23H20F2N6O. The summed E-state index contributed by atoms with van der Waals surface area (Å²) in [5, 5.41) is 13.6. The van der Waals surface area contributed by atoms with Crippen LogP contribution in [0.5, 0.6) is 0 Å². The summed E-state index contributed by atoms with van der Waals surface area (Å²) in [7, 11) is 0. The van der Waals surface area contributed by atoms with Gasteiger partial charge in [-0.1, -0.05) is 36.4 Å². The highest BCUT2D eigenvalue weighted by Gasteiger charge is 2.24. The molecule has 7 nitrogen and oxygen atoms in total. The number of carbonyl (C=O) groups excluding carboxylic acids is 1. The standard InChI is InChI=1S/C23H20F2N6O/c24-20-9-8-17(14-21(20)25)31-22(26-27-28-31)15-29-10-12-30(13-11-29)23(32)19-7-3-5-16-4-1-2-6-18(16)19/h1-9,14H,10-13,15H2. The molecule has 0 saturated carbocycles. The van der Waals surface area contributed by atoms with Crippen molar-refractivity contribution in [3.05, 3.63) is 83.7 Å². The molecule has 0 N–H and O–H groups in total. The summed E-state index contributed by atoms with van der Waals surface area (Å²) in [6, 6.07) is 17.2. The molecule has 162 valence electrons. The third-order valence-electron chi connectivity index (χ3n) is 5.73. The maximum absolute atomic E-state index is 13.6. The maximum Gasteiger partial charge on any atom is 0.254 e. The molecule has 0 spiro atoms. The molecule has 2 heterocycles. The number of rotatable bonds is 4. The number of halogens is 2. The van der Waals surface area contributed by atoms with Gasteiger partial charge in [0, 0.05) is 37.8 Å². The van der Waals surface area contributed by atoms with Gasteiger partial charge in [0.1, 0.15) is 0 Å². The van der Waals surface area contributed by atoms with Crippen LogP contribution in [-0.4, -0.2) is 62.1 Å². The first kappa shape index (κ1) is 20.2. The Kier molecular flexibility index (Phi) is 5.32. The van der Waals surface area contributed by atoms with Gasteiger partial charge >= 0.3 is 0 Å². The van der Waals surface area contributed by atoms with Crippen molar-refractivity contribution < 1.29 is 13.6 Å². The predicted octanol–water partition coefficient (Wildman–Crippen LogP) is 3.05. The Morgan fingerprint density at radius 3 is 2.50 bits per heavy atom. The molecule has 5 rings (SSSR count). The lowest BCUT2D eigenvalue weighted by atomic mass is 10.0. The minimum absolute atomic E-state index is 0.0214. The Morgan fingerprint density at radius 2 is 1.69 bits per heavy atom. The summed E-state index contributed by atoms with van der Waals surface area (Å²) >= 11 is 0. The number of aromatic nitrogens is 4. The summed E-state index contributed by atoms with van der Waals surface area (Å²) in [5.41, 5.74) is 1.06. The van der Waals surface area contributed by atoms with Crippen molar-refractivity contribution in [3.63, 3.8) is 0 Å². The van der Waals surface area contributed by atoms with E-state index in [4.69, 9.17) is 0 Å². The molecule has 0 bridgehead atoms. The van der Waals surface area contributed by atoms with E-state index in [0.717, 1.165) is 22.9 Å². The van der Waals surface area contributed by atoms with Gasteiger partial charge in [0.2, 0.25) is 0 Å². The van der Waals surface area contributed by atoms with Crippen LogP contribution in [0.2, 0.25) is 0 Å². The summed E-state index contributed by atoms with van der Waals surface area (Å²) < 4.78 is 28.3. The molecular weight excluding hydrogens is 414 g/mol. The Balaban J connectivity index is 1.26. The van der Waals surface area contributed by atoms with Crippen LogP contribution in [0.25, 0.3) is 16.5 Å². The van der Waals surface area contributed by atoms with Crippen LogP contribution in [0.1, 0.15) is 16.2 Å². The van der Waals surface area contributed by atoms with Gasteiger partial charge in [-0.25, -0.2) is 8.78 Å². The highest BCUT2D eigenvalue weighted by atomic mass is 19.2. The third kappa shape index (κ3) is 3.82. The number of amides is 1. The van der Waals surface area contributed by atoms with Crippen molar-refractivity contribution in [2.45, 2.75) is 6.54 Å². The van der Waals surface area contributed by atoms with Crippen molar-refractivity contribution in [3.8, 4) is 5.69 Å². The van der Waals surface area contributed by atoms with E-state index in [0.29, 0.717) is 49.8 Å². The normalized spacial score (nSPS) is 14.8. The minimum Gasteiger partial charge on any atom is -0.336 e. The van der Waals surface area contributed by atoms with Gasteiger partial charge in [0.05, 0.1) is 12.2 Å². The molecule has 1 amide bonds. The van der Waals surface area contributed by atoms with Gasteiger partial charge < -0.3 is 4.90 Å².